The molecule has 160 valence electrons. The molecular weight excluding hydrogens is 406 g/mol. The third-order valence-corrected chi connectivity index (χ3v) is 6.35. The maximum atomic E-state index is 12.7. The zero-order valence-electron chi connectivity index (χ0n) is 16.9. The number of hydrogen-bond donors (Lipinski definition) is 2. The van der Waals surface area contributed by atoms with E-state index in [4.69, 9.17) is 4.74 Å². The minimum absolute atomic E-state index is 0.0635. The van der Waals surface area contributed by atoms with Gasteiger partial charge in [0.1, 0.15) is 6.10 Å². The first-order chi connectivity index (χ1) is 14.3. The highest BCUT2D eigenvalue weighted by molar-refractivity contribution is 7.89. The Hall–Kier alpha value is -2.75. The van der Waals surface area contributed by atoms with Crippen molar-refractivity contribution in [2.75, 3.05) is 31.6 Å². The van der Waals surface area contributed by atoms with Crippen LogP contribution in [0.5, 0.6) is 0 Å². The monoisotopic (exact) mass is 431 g/mol. The molecule has 2 aromatic carbocycles. The fourth-order valence-electron chi connectivity index (χ4n) is 3.32. The molecule has 1 heterocycles. The summed E-state index contributed by atoms with van der Waals surface area (Å²) in [6.45, 7) is 3.84. The molecule has 1 aliphatic rings. The van der Waals surface area contributed by atoms with E-state index < -0.39 is 10.0 Å². The second kappa shape index (κ2) is 9.38. The van der Waals surface area contributed by atoms with E-state index in [1.807, 2.05) is 30.3 Å². The van der Waals surface area contributed by atoms with Crippen LogP contribution in [0, 0.1) is 6.92 Å². The van der Waals surface area contributed by atoms with Gasteiger partial charge in [-0.05, 0) is 36.2 Å². The number of rotatable bonds is 6. The number of nitrogens with one attached hydrogen (secondary N) is 2. The zero-order valence-corrected chi connectivity index (χ0v) is 17.7. The molecule has 0 spiro atoms. The van der Waals surface area contributed by atoms with Crippen LogP contribution in [0.15, 0.2) is 53.4 Å². The summed E-state index contributed by atoms with van der Waals surface area (Å²) in [7, 11) is -3.88. The Bertz CT molecular complexity index is 1020. The number of sulfonamides is 1. The molecule has 1 atom stereocenters. The van der Waals surface area contributed by atoms with Gasteiger partial charge in [0.25, 0.3) is 0 Å². The summed E-state index contributed by atoms with van der Waals surface area (Å²) in [6.07, 6.45) is -0.232. The predicted molar refractivity (Wildman–Crippen MR) is 112 cm³/mol. The van der Waals surface area contributed by atoms with Gasteiger partial charge in [-0.3, -0.25) is 9.59 Å². The van der Waals surface area contributed by atoms with Gasteiger partial charge in [-0.1, -0.05) is 30.3 Å². The highest BCUT2D eigenvalue weighted by Crippen LogP contribution is 2.22. The molecular formula is C21H25N3O5S. The Labute approximate surface area is 176 Å². The molecule has 3 rings (SSSR count). The lowest BCUT2D eigenvalue weighted by atomic mass is 10.1. The van der Waals surface area contributed by atoms with Crippen LogP contribution in [-0.4, -0.2) is 51.4 Å². The zero-order chi connectivity index (χ0) is 21.7. The molecule has 1 fully saturated rings. The normalized spacial score (nSPS) is 16.9. The first kappa shape index (κ1) is 21.9. The van der Waals surface area contributed by atoms with Crippen molar-refractivity contribution in [1.29, 1.82) is 0 Å². The Morgan fingerprint density at radius 2 is 1.90 bits per heavy atom. The summed E-state index contributed by atoms with van der Waals surface area (Å²) in [4.78, 5) is 25.4. The number of carbonyl (C=O) groups is 2. The summed E-state index contributed by atoms with van der Waals surface area (Å²) in [6, 6.07) is 14.1. The van der Waals surface area contributed by atoms with Gasteiger partial charge in [0.2, 0.25) is 21.8 Å². The number of anilines is 1. The number of hydrogen-bond acceptors (Lipinski definition) is 5. The van der Waals surface area contributed by atoms with Gasteiger partial charge in [0, 0.05) is 19.2 Å². The molecule has 0 radical (unpaired) electrons. The smallest absolute Gasteiger partial charge is 0.241 e. The lowest BCUT2D eigenvalue weighted by Gasteiger charge is -2.33. The summed E-state index contributed by atoms with van der Waals surface area (Å²) >= 11 is 0. The predicted octanol–water partition coefficient (Wildman–Crippen LogP) is 1.83. The van der Waals surface area contributed by atoms with Gasteiger partial charge in [0.15, 0.2) is 0 Å². The van der Waals surface area contributed by atoms with Crippen LogP contribution in [0.2, 0.25) is 0 Å². The van der Waals surface area contributed by atoms with Crippen LogP contribution in [0.25, 0.3) is 0 Å². The molecule has 2 aromatic rings. The van der Waals surface area contributed by atoms with Gasteiger partial charge in [0.05, 0.1) is 24.6 Å². The van der Waals surface area contributed by atoms with Crippen molar-refractivity contribution in [2.45, 2.75) is 24.8 Å². The van der Waals surface area contributed by atoms with E-state index in [0.29, 0.717) is 30.9 Å². The summed E-state index contributed by atoms with van der Waals surface area (Å²) < 4.78 is 33.5. The molecule has 30 heavy (non-hydrogen) atoms. The molecule has 0 aliphatic carbocycles. The van der Waals surface area contributed by atoms with E-state index in [9.17, 15) is 18.0 Å². The minimum atomic E-state index is -3.88. The molecule has 9 heteroatoms. The van der Waals surface area contributed by atoms with Crippen LogP contribution in [0.3, 0.4) is 0 Å². The number of morpholine rings is 1. The number of ether oxygens (including phenoxy) is 1. The molecule has 0 bridgehead atoms. The van der Waals surface area contributed by atoms with Crippen molar-refractivity contribution < 1.29 is 22.7 Å². The SMILES string of the molecule is CC(=O)Nc1ccc(S(=O)(=O)NCC(=O)N2CCO[C@H](c3ccccc3)C2)c(C)c1. The molecule has 2 amide bonds. The molecule has 8 nitrogen and oxygen atoms in total. The van der Waals surface area contributed by atoms with Crippen molar-refractivity contribution >= 4 is 27.5 Å². The standard InChI is InChI=1S/C21H25N3O5S/c1-15-12-18(23-16(2)25)8-9-20(15)30(27,28)22-13-21(26)24-10-11-29-19(14-24)17-6-4-3-5-7-17/h3-9,12,19,22H,10-11,13-14H2,1-2H3,(H,23,25)/t19-/m0/s1. The van der Waals surface area contributed by atoms with Crippen molar-refractivity contribution in [2.24, 2.45) is 0 Å². The van der Waals surface area contributed by atoms with E-state index in [2.05, 4.69) is 10.0 Å². The Morgan fingerprint density at radius 3 is 2.57 bits per heavy atom. The number of amides is 2. The van der Waals surface area contributed by atoms with Gasteiger partial charge in [-0.25, -0.2) is 13.1 Å². The van der Waals surface area contributed by atoms with Crippen LogP contribution in [-0.2, 0) is 24.3 Å². The molecule has 0 unspecified atom stereocenters. The van der Waals surface area contributed by atoms with Gasteiger partial charge in [-0.15, -0.1) is 0 Å². The molecule has 1 saturated heterocycles. The second-order valence-electron chi connectivity index (χ2n) is 7.10. The van der Waals surface area contributed by atoms with Crippen LogP contribution < -0.4 is 10.0 Å². The second-order valence-corrected chi connectivity index (χ2v) is 8.83. The first-order valence-corrected chi connectivity index (χ1v) is 11.1. The topological polar surface area (TPSA) is 105 Å². The Balaban J connectivity index is 1.62. The van der Waals surface area contributed by atoms with E-state index in [-0.39, 0.29) is 29.4 Å². The fourth-order valence-corrected chi connectivity index (χ4v) is 4.52. The minimum Gasteiger partial charge on any atom is -0.370 e. The van der Waals surface area contributed by atoms with Crippen LogP contribution >= 0.6 is 0 Å². The quantitative estimate of drug-likeness (QED) is 0.726. The van der Waals surface area contributed by atoms with Gasteiger partial charge >= 0.3 is 0 Å². The molecule has 1 aliphatic heterocycles. The lowest BCUT2D eigenvalue weighted by molar-refractivity contribution is -0.137. The van der Waals surface area contributed by atoms with E-state index in [0.717, 1.165) is 5.56 Å². The molecule has 0 aromatic heterocycles. The van der Waals surface area contributed by atoms with Crippen LogP contribution in [0.4, 0.5) is 5.69 Å². The van der Waals surface area contributed by atoms with E-state index in [1.54, 1.807) is 17.9 Å². The summed E-state index contributed by atoms with van der Waals surface area (Å²) in [5.74, 6) is -0.552. The van der Waals surface area contributed by atoms with Crippen molar-refractivity contribution in [3.8, 4) is 0 Å². The molecule has 2 N–H and O–H groups in total. The fraction of sp³-hybridized carbons (Fsp3) is 0.333. The van der Waals surface area contributed by atoms with Crippen molar-refractivity contribution in [3.05, 3.63) is 59.7 Å². The van der Waals surface area contributed by atoms with Crippen molar-refractivity contribution in [1.82, 2.24) is 9.62 Å². The first-order valence-electron chi connectivity index (χ1n) is 9.58. The van der Waals surface area contributed by atoms with Gasteiger partial charge < -0.3 is 15.0 Å². The number of benzene rings is 2. The maximum Gasteiger partial charge on any atom is 0.241 e. The highest BCUT2D eigenvalue weighted by Gasteiger charge is 2.26. The average Bonchev–Trinajstić information content (AvgIpc) is 2.72. The van der Waals surface area contributed by atoms with Gasteiger partial charge in [-0.2, -0.15) is 0 Å². The third-order valence-electron chi connectivity index (χ3n) is 4.79. The number of nitrogens with zero attached hydrogens (tertiary/aromatic N) is 1. The van der Waals surface area contributed by atoms with E-state index >= 15 is 0 Å². The summed E-state index contributed by atoms with van der Waals surface area (Å²) in [5.41, 5.74) is 1.96. The lowest BCUT2D eigenvalue weighted by Crippen LogP contribution is -2.46. The summed E-state index contributed by atoms with van der Waals surface area (Å²) in [5, 5.41) is 2.61. The largest absolute Gasteiger partial charge is 0.370 e. The highest BCUT2D eigenvalue weighted by atomic mass is 32.2. The number of carbonyl (C=O) groups excluding carboxylic acids is 2. The van der Waals surface area contributed by atoms with E-state index in [1.165, 1.54) is 19.1 Å². The number of aryl methyl sites for hydroxylation is 1. The Kier molecular flexibility index (Phi) is 6.86. The Morgan fingerprint density at radius 1 is 1.17 bits per heavy atom. The average molecular weight is 432 g/mol. The third kappa shape index (κ3) is 5.44. The molecule has 0 saturated carbocycles. The van der Waals surface area contributed by atoms with Crippen LogP contribution in [0.1, 0.15) is 24.2 Å². The maximum absolute atomic E-state index is 12.7. The van der Waals surface area contributed by atoms with Crippen molar-refractivity contribution in [3.63, 3.8) is 0 Å².